The van der Waals surface area contributed by atoms with Crippen molar-refractivity contribution in [1.82, 2.24) is 15.2 Å². The molecule has 0 fully saturated rings. The predicted octanol–water partition coefficient (Wildman–Crippen LogP) is 1.76. The van der Waals surface area contributed by atoms with Gasteiger partial charge in [-0.1, -0.05) is 11.6 Å². The number of nitrogens with one attached hydrogen (secondary N) is 1. The summed E-state index contributed by atoms with van der Waals surface area (Å²) in [5.41, 5.74) is 5.38. The Labute approximate surface area is 111 Å². The molecule has 0 atom stereocenters. The van der Waals surface area contributed by atoms with Crippen molar-refractivity contribution >= 4 is 5.95 Å². The highest BCUT2D eigenvalue weighted by molar-refractivity contribution is 5.73. The van der Waals surface area contributed by atoms with E-state index in [0.29, 0.717) is 11.6 Å². The van der Waals surface area contributed by atoms with Crippen LogP contribution in [0.2, 0.25) is 0 Å². The van der Waals surface area contributed by atoms with E-state index in [4.69, 9.17) is 10.6 Å². The van der Waals surface area contributed by atoms with E-state index in [-0.39, 0.29) is 0 Å². The minimum Gasteiger partial charge on any atom is -0.481 e. The average molecular weight is 257 g/mol. The van der Waals surface area contributed by atoms with Gasteiger partial charge in [0.2, 0.25) is 0 Å². The molecule has 3 N–H and O–H groups in total. The molecule has 6 heteroatoms. The molecule has 0 bridgehead atoms. The third kappa shape index (κ3) is 1.80. The second-order valence-electron chi connectivity index (χ2n) is 5.09. The maximum absolute atomic E-state index is 5.98. The Morgan fingerprint density at radius 2 is 2.05 bits per heavy atom. The molecule has 2 aromatic rings. The topological polar surface area (TPSA) is 86.0 Å². The lowest BCUT2D eigenvalue weighted by molar-refractivity contribution is 0.0987. The lowest BCUT2D eigenvalue weighted by Gasteiger charge is -2.32. The summed E-state index contributed by atoms with van der Waals surface area (Å²) in [6, 6.07) is 5.99. The molecular formula is C13H15N5O. The smallest absolute Gasteiger partial charge is 0.257 e. The van der Waals surface area contributed by atoms with Gasteiger partial charge in [-0.2, -0.15) is 0 Å². The maximum Gasteiger partial charge on any atom is 0.257 e. The molecule has 1 aliphatic rings. The number of aryl methyl sites for hydroxylation is 1. The Balaban J connectivity index is 2.30. The third-order valence-electron chi connectivity index (χ3n) is 3.14. The van der Waals surface area contributed by atoms with Gasteiger partial charge in [0.25, 0.3) is 5.95 Å². The number of hydrogen-bond acceptors (Lipinski definition) is 6. The van der Waals surface area contributed by atoms with Crippen molar-refractivity contribution in [3.63, 3.8) is 0 Å². The summed E-state index contributed by atoms with van der Waals surface area (Å²) < 4.78 is 5.98. The van der Waals surface area contributed by atoms with Gasteiger partial charge in [-0.15, -0.1) is 10.2 Å². The first-order valence-corrected chi connectivity index (χ1v) is 6.03. The van der Waals surface area contributed by atoms with Crippen molar-refractivity contribution in [1.29, 1.82) is 0 Å². The molecule has 0 saturated heterocycles. The van der Waals surface area contributed by atoms with E-state index >= 15 is 0 Å². The first-order chi connectivity index (χ1) is 9.01. The number of fused-ring (bicyclic) bond motifs is 3. The first-order valence-electron chi connectivity index (χ1n) is 6.03. The van der Waals surface area contributed by atoms with Crippen molar-refractivity contribution in [3.05, 3.63) is 29.5 Å². The van der Waals surface area contributed by atoms with Crippen LogP contribution in [0.3, 0.4) is 0 Å². The van der Waals surface area contributed by atoms with E-state index in [1.54, 1.807) is 0 Å². The Hall–Kier alpha value is -2.21. The van der Waals surface area contributed by atoms with Crippen molar-refractivity contribution in [2.45, 2.75) is 26.4 Å². The van der Waals surface area contributed by atoms with Crippen LogP contribution in [0.25, 0.3) is 11.3 Å². The number of hydrogen-bond donors (Lipinski definition) is 2. The molecule has 98 valence electrons. The molecule has 19 heavy (non-hydrogen) atoms. The minimum atomic E-state index is -0.565. The van der Waals surface area contributed by atoms with Gasteiger partial charge >= 0.3 is 0 Å². The number of nitrogens with two attached hydrogens (primary N) is 1. The molecule has 0 unspecified atom stereocenters. The molecular weight excluding hydrogens is 242 g/mol. The van der Waals surface area contributed by atoms with Crippen LogP contribution < -0.4 is 16.0 Å². The van der Waals surface area contributed by atoms with Gasteiger partial charge in [-0.05, 0) is 32.9 Å². The van der Waals surface area contributed by atoms with Gasteiger partial charge in [-0.25, -0.2) is 10.8 Å². The van der Waals surface area contributed by atoms with Crippen LogP contribution >= 0.6 is 0 Å². The fraction of sp³-hybridized carbons (Fsp3) is 0.308. The number of nitrogen functional groups attached to an aromatic ring is 1. The van der Waals surface area contributed by atoms with Crippen LogP contribution in [0.1, 0.15) is 25.1 Å². The largest absolute Gasteiger partial charge is 0.481 e. The van der Waals surface area contributed by atoms with E-state index in [2.05, 4.69) is 20.6 Å². The van der Waals surface area contributed by atoms with Crippen molar-refractivity contribution in [2.24, 2.45) is 5.84 Å². The average Bonchev–Trinajstić information content (AvgIpc) is 2.39. The van der Waals surface area contributed by atoms with Crippen molar-refractivity contribution in [3.8, 4) is 17.0 Å². The number of hydrazine groups is 1. The highest BCUT2D eigenvalue weighted by Gasteiger charge is 2.36. The molecule has 3 rings (SSSR count). The Morgan fingerprint density at radius 1 is 1.26 bits per heavy atom. The lowest BCUT2D eigenvalue weighted by Crippen LogP contribution is -2.32. The van der Waals surface area contributed by atoms with Crippen molar-refractivity contribution in [2.75, 3.05) is 5.43 Å². The second-order valence-corrected chi connectivity index (χ2v) is 5.09. The summed E-state index contributed by atoms with van der Waals surface area (Å²) >= 11 is 0. The zero-order valence-electron chi connectivity index (χ0n) is 11.1. The Bertz CT molecular complexity index is 653. The molecule has 6 nitrogen and oxygen atoms in total. The first kappa shape index (κ1) is 11.9. The fourth-order valence-electron chi connectivity index (χ4n) is 2.22. The highest BCUT2D eigenvalue weighted by Crippen LogP contribution is 2.43. The van der Waals surface area contributed by atoms with Gasteiger partial charge in [0.1, 0.15) is 22.7 Å². The number of benzene rings is 1. The standard InChI is InChI=1S/C13H15N5O/c1-7-4-5-9-8(6-7)10-11(13(2,3)19-9)17-18-12(15-10)16-14/h4-6H,14H2,1-3H3,(H,15,16,18). The van der Waals surface area contributed by atoms with Crippen LogP contribution in [-0.4, -0.2) is 15.2 Å². The van der Waals surface area contributed by atoms with Gasteiger partial charge < -0.3 is 4.74 Å². The number of nitrogens with zero attached hydrogens (tertiary/aromatic N) is 3. The molecule has 0 radical (unpaired) electrons. The van der Waals surface area contributed by atoms with E-state index < -0.39 is 5.60 Å². The monoisotopic (exact) mass is 257 g/mol. The lowest BCUT2D eigenvalue weighted by atomic mass is 9.94. The van der Waals surface area contributed by atoms with E-state index in [9.17, 15) is 0 Å². The van der Waals surface area contributed by atoms with E-state index in [1.165, 1.54) is 0 Å². The fourth-order valence-corrected chi connectivity index (χ4v) is 2.22. The number of anilines is 1. The van der Waals surface area contributed by atoms with Crippen molar-refractivity contribution < 1.29 is 4.74 Å². The summed E-state index contributed by atoms with van der Waals surface area (Å²) in [7, 11) is 0. The zero-order chi connectivity index (χ0) is 13.6. The van der Waals surface area contributed by atoms with Crippen LogP contribution in [-0.2, 0) is 5.60 Å². The van der Waals surface area contributed by atoms with Crippen LogP contribution in [0.15, 0.2) is 18.2 Å². The second kappa shape index (κ2) is 3.89. The minimum absolute atomic E-state index is 0.295. The summed E-state index contributed by atoms with van der Waals surface area (Å²) in [5, 5.41) is 8.12. The maximum atomic E-state index is 5.98. The molecule has 2 heterocycles. The van der Waals surface area contributed by atoms with Gasteiger partial charge in [0, 0.05) is 5.56 Å². The summed E-state index contributed by atoms with van der Waals surface area (Å²) in [4.78, 5) is 4.42. The zero-order valence-corrected chi connectivity index (χ0v) is 11.1. The quantitative estimate of drug-likeness (QED) is 0.598. The molecule has 0 spiro atoms. The number of aromatic nitrogens is 3. The Morgan fingerprint density at radius 3 is 2.79 bits per heavy atom. The molecule has 1 aliphatic heterocycles. The molecule has 0 saturated carbocycles. The SMILES string of the molecule is Cc1ccc2c(c1)-c1nc(NN)nnc1C(C)(C)O2. The summed E-state index contributed by atoms with van der Waals surface area (Å²) in [6.45, 7) is 5.91. The van der Waals surface area contributed by atoms with Crippen LogP contribution in [0, 0.1) is 6.92 Å². The van der Waals surface area contributed by atoms with Gasteiger partial charge in [-0.3, -0.25) is 5.43 Å². The third-order valence-corrected chi connectivity index (χ3v) is 3.14. The van der Waals surface area contributed by atoms with Gasteiger partial charge in [0.05, 0.1) is 0 Å². The van der Waals surface area contributed by atoms with Crippen LogP contribution in [0.4, 0.5) is 5.95 Å². The molecule has 1 aromatic heterocycles. The Kier molecular flexibility index (Phi) is 2.43. The molecule has 0 aliphatic carbocycles. The molecule has 0 amide bonds. The van der Waals surface area contributed by atoms with Gasteiger partial charge in [0.15, 0.2) is 0 Å². The normalized spacial score (nSPS) is 15.2. The summed E-state index contributed by atoms with van der Waals surface area (Å²) in [5.74, 6) is 6.45. The number of rotatable bonds is 1. The van der Waals surface area contributed by atoms with Crippen LogP contribution in [0.5, 0.6) is 5.75 Å². The highest BCUT2D eigenvalue weighted by atomic mass is 16.5. The number of ether oxygens (including phenoxy) is 1. The van der Waals surface area contributed by atoms with E-state index in [0.717, 1.165) is 22.6 Å². The van der Waals surface area contributed by atoms with E-state index in [1.807, 2.05) is 39.0 Å². The summed E-state index contributed by atoms with van der Waals surface area (Å²) in [6.07, 6.45) is 0. The molecule has 1 aromatic carbocycles. The predicted molar refractivity (Wildman–Crippen MR) is 71.5 cm³/mol.